The number of hydrogen-bond donors (Lipinski definition) is 2. The van der Waals surface area contributed by atoms with E-state index in [0.29, 0.717) is 19.5 Å². The molecule has 1 aromatic rings. The number of carboxylic acid groups (broad SMARTS) is 1. The molecule has 0 aliphatic carbocycles. The van der Waals surface area contributed by atoms with Crippen LogP contribution in [-0.2, 0) is 4.79 Å². The molecule has 21 heavy (non-hydrogen) atoms. The zero-order valence-electron chi connectivity index (χ0n) is 12.0. The summed E-state index contributed by atoms with van der Waals surface area (Å²) in [7, 11) is 1.59. The van der Waals surface area contributed by atoms with Crippen molar-refractivity contribution in [2.45, 2.75) is 19.3 Å². The molecule has 1 fully saturated rings. The molecule has 6 heteroatoms. The minimum Gasteiger partial charge on any atom is -0.497 e. The van der Waals surface area contributed by atoms with Crippen molar-refractivity contribution in [2.24, 2.45) is 5.92 Å². The third-order valence-electron chi connectivity index (χ3n) is 3.68. The van der Waals surface area contributed by atoms with Crippen molar-refractivity contribution in [3.63, 3.8) is 0 Å². The lowest BCUT2D eigenvalue weighted by Crippen LogP contribution is -2.33. The van der Waals surface area contributed by atoms with Crippen LogP contribution < -0.4 is 10.1 Å². The molecule has 0 bridgehead atoms. The summed E-state index contributed by atoms with van der Waals surface area (Å²) in [5.74, 6) is 0.238. The van der Waals surface area contributed by atoms with Gasteiger partial charge in [-0.1, -0.05) is 0 Å². The van der Waals surface area contributed by atoms with Gasteiger partial charge in [0.1, 0.15) is 5.75 Å². The van der Waals surface area contributed by atoms with Gasteiger partial charge in [0.2, 0.25) is 0 Å². The van der Waals surface area contributed by atoms with Gasteiger partial charge in [-0.15, -0.1) is 0 Å². The van der Waals surface area contributed by atoms with Crippen LogP contribution in [0.2, 0.25) is 0 Å². The molecule has 1 aliphatic rings. The van der Waals surface area contributed by atoms with E-state index in [9.17, 15) is 9.59 Å². The second-order valence-electron chi connectivity index (χ2n) is 5.19. The summed E-state index contributed by atoms with van der Waals surface area (Å²) in [5.41, 5.74) is 0.717. The molecule has 1 unspecified atom stereocenters. The number of rotatable bonds is 5. The molecule has 1 aromatic carbocycles. The Morgan fingerprint density at radius 3 is 2.71 bits per heavy atom. The summed E-state index contributed by atoms with van der Waals surface area (Å²) in [6, 6.07) is 7.01. The molecule has 6 nitrogen and oxygen atoms in total. The van der Waals surface area contributed by atoms with E-state index in [-0.39, 0.29) is 18.4 Å². The summed E-state index contributed by atoms with van der Waals surface area (Å²) >= 11 is 0. The number of amides is 2. The van der Waals surface area contributed by atoms with Crippen molar-refractivity contribution in [1.29, 1.82) is 0 Å². The molecule has 0 radical (unpaired) electrons. The maximum Gasteiger partial charge on any atom is 0.321 e. The molecule has 1 aliphatic heterocycles. The summed E-state index contributed by atoms with van der Waals surface area (Å²) in [4.78, 5) is 24.4. The number of benzene rings is 1. The smallest absolute Gasteiger partial charge is 0.321 e. The molecule has 114 valence electrons. The maximum atomic E-state index is 12.1. The number of urea groups is 1. The highest BCUT2D eigenvalue weighted by atomic mass is 16.5. The fourth-order valence-electron chi connectivity index (χ4n) is 2.46. The summed E-state index contributed by atoms with van der Waals surface area (Å²) < 4.78 is 5.06. The second-order valence-corrected chi connectivity index (χ2v) is 5.19. The lowest BCUT2D eigenvalue weighted by atomic mass is 10.0. The number of ether oxygens (including phenoxy) is 1. The average molecular weight is 292 g/mol. The third-order valence-corrected chi connectivity index (χ3v) is 3.68. The van der Waals surface area contributed by atoms with Gasteiger partial charge < -0.3 is 20.1 Å². The monoisotopic (exact) mass is 292 g/mol. The molecule has 0 spiro atoms. The van der Waals surface area contributed by atoms with Gasteiger partial charge in [0.05, 0.1) is 7.11 Å². The van der Waals surface area contributed by atoms with Crippen molar-refractivity contribution in [3.05, 3.63) is 24.3 Å². The van der Waals surface area contributed by atoms with Crippen LogP contribution in [0, 0.1) is 5.92 Å². The van der Waals surface area contributed by atoms with E-state index in [2.05, 4.69) is 5.32 Å². The lowest BCUT2D eigenvalue weighted by Gasteiger charge is -2.17. The van der Waals surface area contributed by atoms with Crippen molar-refractivity contribution >= 4 is 17.7 Å². The van der Waals surface area contributed by atoms with Crippen LogP contribution in [0.5, 0.6) is 5.75 Å². The zero-order chi connectivity index (χ0) is 15.2. The van der Waals surface area contributed by atoms with Gasteiger partial charge in [0.25, 0.3) is 0 Å². The lowest BCUT2D eigenvalue weighted by molar-refractivity contribution is -0.137. The number of anilines is 1. The number of carboxylic acids is 1. The number of nitrogens with zero attached hydrogens (tertiary/aromatic N) is 1. The number of hydrogen-bond acceptors (Lipinski definition) is 3. The summed E-state index contributed by atoms with van der Waals surface area (Å²) in [5, 5.41) is 11.5. The highest BCUT2D eigenvalue weighted by Crippen LogP contribution is 2.22. The molecule has 2 amide bonds. The normalized spacial score (nSPS) is 17.6. The van der Waals surface area contributed by atoms with Crippen LogP contribution in [0.15, 0.2) is 24.3 Å². The first-order valence-electron chi connectivity index (χ1n) is 7.00. The molecule has 0 aromatic heterocycles. The fourth-order valence-corrected chi connectivity index (χ4v) is 2.46. The summed E-state index contributed by atoms with van der Waals surface area (Å²) in [6.45, 7) is 1.29. The van der Waals surface area contributed by atoms with Gasteiger partial charge in [0.15, 0.2) is 0 Å². The minimum atomic E-state index is -0.781. The van der Waals surface area contributed by atoms with Crippen LogP contribution in [-0.4, -0.2) is 42.2 Å². The van der Waals surface area contributed by atoms with Gasteiger partial charge in [-0.3, -0.25) is 4.79 Å². The number of aliphatic carboxylic acids is 1. The van der Waals surface area contributed by atoms with Gasteiger partial charge in [0, 0.05) is 25.2 Å². The molecule has 1 saturated heterocycles. The van der Waals surface area contributed by atoms with E-state index >= 15 is 0 Å². The molecule has 1 atom stereocenters. The van der Waals surface area contributed by atoms with Crippen LogP contribution in [0.4, 0.5) is 10.5 Å². The molecule has 2 rings (SSSR count). The van der Waals surface area contributed by atoms with E-state index in [1.165, 1.54) is 0 Å². The number of likely N-dealkylation sites (tertiary alicyclic amines) is 1. The number of nitrogens with one attached hydrogen (secondary N) is 1. The van der Waals surface area contributed by atoms with Crippen LogP contribution in [0.1, 0.15) is 19.3 Å². The van der Waals surface area contributed by atoms with Crippen molar-refractivity contribution in [2.75, 3.05) is 25.5 Å². The first kappa shape index (κ1) is 15.2. The number of carbonyl (C=O) groups is 2. The number of carbonyl (C=O) groups excluding carboxylic acids is 1. The Bertz CT molecular complexity index is 501. The highest BCUT2D eigenvalue weighted by Gasteiger charge is 2.26. The number of methoxy groups -OCH3 is 1. The third kappa shape index (κ3) is 4.37. The minimum absolute atomic E-state index is 0.141. The highest BCUT2D eigenvalue weighted by molar-refractivity contribution is 5.89. The molecular formula is C15H20N2O4. The summed E-state index contributed by atoms with van der Waals surface area (Å²) in [6.07, 6.45) is 1.66. The predicted molar refractivity (Wildman–Crippen MR) is 78.6 cm³/mol. The average Bonchev–Trinajstić information content (AvgIpc) is 2.95. The van der Waals surface area contributed by atoms with Crippen LogP contribution in [0.25, 0.3) is 0 Å². The Morgan fingerprint density at radius 2 is 2.10 bits per heavy atom. The zero-order valence-corrected chi connectivity index (χ0v) is 12.0. The SMILES string of the molecule is COc1ccc(NC(=O)N2CCC(CCC(=O)O)C2)cc1. The van der Waals surface area contributed by atoms with Crippen molar-refractivity contribution < 1.29 is 19.4 Å². The Labute approximate surface area is 123 Å². The van der Waals surface area contributed by atoms with E-state index in [0.717, 1.165) is 17.9 Å². The van der Waals surface area contributed by atoms with Crippen molar-refractivity contribution in [1.82, 2.24) is 4.90 Å². The first-order chi connectivity index (χ1) is 10.1. The van der Waals surface area contributed by atoms with E-state index in [1.807, 2.05) is 0 Å². The van der Waals surface area contributed by atoms with E-state index in [1.54, 1.807) is 36.3 Å². The van der Waals surface area contributed by atoms with Gasteiger partial charge >= 0.3 is 12.0 Å². The second kappa shape index (κ2) is 6.97. The fraction of sp³-hybridized carbons (Fsp3) is 0.467. The van der Waals surface area contributed by atoms with E-state index in [4.69, 9.17) is 9.84 Å². The van der Waals surface area contributed by atoms with E-state index < -0.39 is 5.97 Å². The largest absolute Gasteiger partial charge is 0.497 e. The topological polar surface area (TPSA) is 78.9 Å². The maximum absolute atomic E-state index is 12.1. The van der Waals surface area contributed by atoms with Crippen molar-refractivity contribution in [3.8, 4) is 5.75 Å². The quantitative estimate of drug-likeness (QED) is 0.873. The molecule has 2 N–H and O–H groups in total. The van der Waals surface area contributed by atoms with Gasteiger partial charge in [-0.05, 0) is 43.0 Å². The van der Waals surface area contributed by atoms with Gasteiger partial charge in [-0.25, -0.2) is 4.79 Å². The Morgan fingerprint density at radius 1 is 1.38 bits per heavy atom. The van der Waals surface area contributed by atoms with Crippen LogP contribution >= 0.6 is 0 Å². The first-order valence-corrected chi connectivity index (χ1v) is 7.00. The molecular weight excluding hydrogens is 272 g/mol. The predicted octanol–water partition coefficient (Wildman–Crippen LogP) is 2.41. The Kier molecular flexibility index (Phi) is 5.03. The Hall–Kier alpha value is -2.24. The van der Waals surface area contributed by atoms with Crippen LogP contribution in [0.3, 0.4) is 0 Å². The standard InChI is InChI=1S/C15H20N2O4/c1-21-13-5-3-12(4-6-13)16-15(20)17-9-8-11(10-17)2-7-14(18)19/h3-6,11H,2,7-10H2,1H3,(H,16,20)(H,18,19). The Balaban J connectivity index is 1.82. The van der Waals surface area contributed by atoms with Gasteiger partial charge in [-0.2, -0.15) is 0 Å². The molecule has 0 saturated carbocycles. The molecule has 1 heterocycles.